The summed E-state index contributed by atoms with van der Waals surface area (Å²) in [4.78, 5) is 0. The van der Waals surface area contributed by atoms with Gasteiger partial charge in [0.25, 0.3) is 0 Å². The van der Waals surface area contributed by atoms with E-state index in [-0.39, 0.29) is 17.5 Å². The van der Waals surface area contributed by atoms with Crippen LogP contribution in [0.2, 0.25) is 0 Å². The molecule has 0 saturated heterocycles. The number of aromatic hydroxyl groups is 2. The Morgan fingerprint density at radius 1 is 1.10 bits per heavy atom. The fourth-order valence-corrected chi connectivity index (χ4v) is 2.40. The SMILES string of the molecule is Cc1ccc(C(C)NCc2cccc(O)c2O)c(C)c1. The quantitative estimate of drug-likeness (QED) is 0.745. The van der Waals surface area contributed by atoms with E-state index >= 15 is 0 Å². The van der Waals surface area contributed by atoms with Crippen molar-refractivity contribution in [3.63, 3.8) is 0 Å². The molecule has 20 heavy (non-hydrogen) atoms. The van der Waals surface area contributed by atoms with Crippen LogP contribution in [0.15, 0.2) is 36.4 Å². The minimum atomic E-state index is -0.0801. The highest BCUT2D eigenvalue weighted by atomic mass is 16.3. The molecule has 3 heteroatoms. The first kappa shape index (κ1) is 14.4. The Balaban J connectivity index is 2.08. The Hall–Kier alpha value is -2.00. The van der Waals surface area contributed by atoms with Gasteiger partial charge in [0.15, 0.2) is 11.5 Å². The van der Waals surface area contributed by atoms with Gasteiger partial charge in [-0.05, 0) is 38.0 Å². The second-order valence-corrected chi connectivity index (χ2v) is 5.25. The summed E-state index contributed by atoms with van der Waals surface area (Å²) in [5, 5.41) is 22.6. The number of para-hydroxylation sites is 1. The lowest BCUT2D eigenvalue weighted by atomic mass is 10.00. The molecule has 0 saturated carbocycles. The summed E-state index contributed by atoms with van der Waals surface area (Å²) in [5.41, 5.74) is 4.45. The van der Waals surface area contributed by atoms with Gasteiger partial charge in [-0.15, -0.1) is 0 Å². The highest BCUT2D eigenvalue weighted by Gasteiger charge is 2.10. The number of nitrogens with one attached hydrogen (secondary N) is 1. The van der Waals surface area contributed by atoms with Crippen LogP contribution in [0.5, 0.6) is 11.5 Å². The number of hydrogen-bond acceptors (Lipinski definition) is 3. The summed E-state index contributed by atoms with van der Waals surface area (Å²) in [7, 11) is 0. The van der Waals surface area contributed by atoms with Gasteiger partial charge in [0.1, 0.15) is 0 Å². The van der Waals surface area contributed by atoms with Crippen LogP contribution >= 0.6 is 0 Å². The molecule has 0 aromatic heterocycles. The zero-order valence-corrected chi connectivity index (χ0v) is 12.1. The first-order chi connectivity index (χ1) is 9.49. The Labute approximate surface area is 119 Å². The summed E-state index contributed by atoms with van der Waals surface area (Å²) in [5.74, 6) is -0.128. The topological polar surface area (TPSA) is 52.5 Å². The molecule has 2 aromatic rings. The molecule has 0 aliphatic rings. The van der Waals surface area contributed by atoms with E-state index in [1.807, 2.05) is 0 Å². The van der Waals surface area contributed by atoms with Crippen molar-refractivity contribution in [1.29, 1.82) is 0 Å². The second-order valence-electron chi connectivity index (χ2n) is 5.25. The summed E-state index contributed by atoms with van der Waals surface area (Å²) >= 11 is 0. The van der Waals surface area contributed by atoms with E-state index in [0.717, 1.165) is 0 Å². The average molecular weight is 271 g/mol. The second kappa shape index (κ2) is 5.97. The molecule has 0 amide bonds. The molecule has 106 valence electrons. The van der Waals surface area contributed by atoms with Crippen LogP contribution in [0.4, 0.5) is 0 Å². The van der Waals surface area contributed by atoms with Crippen LogP contribution in [0.25, 0.3) is 0 Å². The highest BCUT2D eigenvalue weighted by molar-refractivity contribution is 5.44. The van der Waals surface area contributed by atoms with Crippen molar-refractivity contribution in [2.45, 2.75) is 33.4 Å². The van der Waals surface area contributed by atoms with E-state index in [2.05, 4.69) is 44.3 Å². The van der Waals surface area contributed by atoms with E-state index in [1.165, 1.54) is 22.8 Å². The van der Waals surface area contributed by atoms with Gasteiger partial charge >= 0.3 is 0 Å². The van der Waals surface area contributed by atoms with Crippen LogP contribution in [-0.4, -0.2) is 10.2 Å². The Bertz CT molecular complexity index is 608. The van der Waals surface area contributed by atoms with Crippen molar-refractivity contribution in [2.24, 2.45) is 0 Å². The number of rotatable bonds is 4. The summed E-state index contributed by atoms with van der Waals surface area (Å²) in [6, 6.07) is 11.6. The van der Waals surface area contributed by atoms with Gasteiger partial charge in [-0.2, -0.15) is 0 Å². The predicted molar refractivity (Wildman–Crippen MR) is 80.9 cm³/mol. The maximum absolute atomic E-state index is 9.78. The van der Waals surface area contributed by atoms with Crippen molar-refractivity contribution in [3.8, 4) is 11.5 Å². The van der Waals surface area contributed by atoms with E-state index < -0.39 is 0 Å². The monoisotopic (exact) mass is 271 g/mol. The van der Waals surface area contributed by atoms with Gasteiger partial charge < -0.3 is 15.5 Å². The number of phenolic OH excluding ortho intramolecular Hbond substituents is 2. The predicted octanol–water partition coefficient (Wildman–Crippen LogP) is 3.57. The molecule has 0 radical (unpaired) electrons. The van der Waals surface area contributed by atoms with Gasteiger partial charge in [0.2, 0.25) is 0 Å². The molecule has 3 N–H and O–H groups in total. The number of hydrogen-bond donors (Lipinski definition) is 3. The molecule has 1 atom stereocenters. The van der Waals surface area contributed by atoms with Crippen molar-refractivity contribution >= 4 is 0 Å². The van der Waals surface area contributed by atoms with E-state index in [1.54, 1.807) is 12.1 Å². The number of benzene rings is 2. The molecule has 2 aromatic carbocycles. The zero-order valence-electron chi connectivity index (χ0n) is 12.1. The first-order valence-corrected chi connectivity index (χ1v) is 6.79. The van der Waals surface area contributed by atoms with Crippen LogP contribution in [0.1, 0.15) is 35.2 Å². The zero-order chi connectivity index (χ0) is 14.7. The van der Waals surface area contributed by atoms with Crippen LogP contribution in [0, 0.1) is 13.8 Å². The Kier molecular flexibility index (Phi) is 4.30. The maximum Gasteiger partial charge on any atom is 0.161 e. The van der Waals surface area contributed by atoms with Gasteiger partial charge in [-0.3, -0.25) is 0 Å². The third-order valence-corrected chi connectivity index (χ3v) is 3.59. The molecule has 0 fully saturated rings. The summed E-state index contributed by atoms with van der Waals surface area (Å²) in [6.07, 6.45) is 0. The van der Waals surface area contributed by atoms with Crippen molar-refractivity contribution in [2.75, 3.05) is 0 Å². The molecule has 0 aliphatic heterocycles. The normalized spacial score (nSPS) is 12.3. The highest BCUT2D eigenvalue weighted by Crippen LogP contribution is 2.28. The van der Waals surface area contributed by atoms with Crippen molar-refractivity contribution in [1.82, 2.24) is 5.32 Å². The van der Waals surface area contributed by atoms with Crippen LogP contribution < -0.4 is 5.32 Å². The standard InChI is InChI=1S/C17H21NO2/c1-11-7-8-15(12(2)9-11)13(3)18-10-14-5-4-6-16(19)17(14)20/h4-9,13,18-20H,10H2,1-3H3. The lowest BCUT2D eigenvalue weighted by molar-refractivity contribution is 0.396. The maximum atomic E-state index is 9.78. The molecule has 2 rings (SSSR count). The smallest absolute Gasteiger partial charge is 0.161 e. The molecule has 0 spiro atoms. The first-order valence-electron chi connectivity index (χ1n) is 6.79. The van der Waals surface area contributed by atoms with Crippen molar-refractivity contribution < 1.29 is 10.2 Å². The van der Waals surface area contributed by atoms with Gasteiger partial charge in [-0.1, -0.05) is 35.9 Å². The van der Waals surface area contributed by atoms with Gasteiger partial charge in [0, 0.05) is 18.2 Å². The summed E-state index contributed by atoms with van der Waals surface area (Å²) < 4.78 is 0. The molecular formula is C17H21NO2. The molecule has 1 unspecified atom stereocenters. The van der Waals surface area contributed by atoms with Crippen LogP contribution in [-0.2, 0) is 6.54 Å². The van der Waals surface area contributed by atoms with E-state index in [9.17, 15) is 10.2 Å². The third-order valence-electron chi connectivity index (χ3n) is 3.59. The van der Waals surface area contributed by atoms with E-state index in [4.69, 9.17) is 0 Å². The lowest BCUT2D eigenvalue weighted by Crippen LogP contribution is -2.19. The third kappa shape index (κ3) is 3.11. The Morgan fingerprint density at radius 2 is 1.85 bits per heavy atom. The average Bonchev–Trinajstić information content (AvgIpc) is 2.40. The minimum absolute atomic E-state index is 0.0483. The lowest BCUT2D eigenvalue weighted by Gasteiger charge is -2.17. The molecule has 0 heterocycles. The van der Waals surface area contributed by atoms with Gasteiger partial charge in [0.05, 0.1) is 0 Å². The fraction of sp³-hybridized carbons (Fsp3) is 0.294. The van der Waals surface area contributed by atoms with E-state index in [0.29, 0.717) is 12.1 Å². The molecule has 0 aliphatic carbocycles. The van der Waals surface area contributed by atoms with Gasteiger partial charge in [-0.25, -0.2) is 0 Å². The molecular weight excluding hydrogens is 250 g/mol. The summed E-state index contributed by atoms with van der Waals surface area (Å²) in [6.45, 7) is 6.79. The van der Waals surface area contributed by atoms with Crippen molar-refractivity contribution in [3.05, 3.63) is 58.7 Å². The number of phenols is 2. The fourth-order valence-electron chi connectivity index (χ4n) is 2.40. The van der Waals surface area contributed by atoms with Crippen LogP contribution in [0.3, 0.4) is 0 Å². The number of aryl methyl sites for hydroxylation is 2. The molecule has 3 nitrogen and oxygen atoms in total. The minimum Gasteiger partial charge on any atom is -0.504 e. The largest absolute Gasteiger partial charge is 0.504 e. The molecule has 0 bridgehead atoms. The Morgan fingerprint density at radius 3 is 2.55 bits per heavy atom.